The highest BCUT2D eigenvalue weighted by Gasteiger charge is 2.32. The van der Waals surface area contributed by atoms with Gasteiger partial charge in [0.1, 0.15) is 6.04 Å². The van der Waals surface area contributed by atoms with Gasteiger partial charge in [-0.2, -0.15) is 0 Å². The molecule has 1 fully saturated rings. The van der Waals surface area contributed by atoms with Crippen LogP contribution in [0.15, 0.2) is 18.2 Å². The molecular weight excluding hydrogens is 326 g/mol. The minimum absolute atomic E-state index is 0.0655. The zero-order valence-corrected chi connectivity index (χ0v) is 13.9. The Balaban J connectivity index is 2.34. The SMILES string of the molecule is CC(C(=O)N1CCCCC1)N(c1ccc(F)c(F)c1)S(C)(=O)=O. The van der Waals surface area contributed by atoms with Gasteiger partial charge in [-0.15, -0.1) is 0 Å². The summed E-state index contributed by atoms with van der Waals surface area (Å²) in [7, 11) is -3.83. The van der Waals surface area contributed by atoms with Crippen LogP contribution in [0.25, 0.3) is 0 Å². The smallest absolute Gasteiger partial charge is 0.246 e. The second kappa shape index (κ2) is 6.82. The van der Waals surface area contributed by atoms with Crippen molar-refractivity contribution >= 4 is 21.6 Å². The number of halogens is 2. The molecule has 8 heteroatoms. The molecule has 0 N–H and O–H groups in total. The number of amides is 1. The van der Waals surface area contributed by atoms with E-state index in [0.717, 1.165) is 48.0 Å². The van der Waals surface area contributed by atoms with Crippen LogP contribution in [0.5, 0.6) is 0 Å². The number of rotatable bonds is 4. The Morgan fingerprint density at radius 3 is 2.30 bits per heavy atom. The van der Waals surface area contributed by atoms with E-state index in [2.05, 4.69) is 0 Å². The molecule has 23 heavy (non-hydrogen) atoms. The Hall–Kier alpha value is -1.70. The Labute approximate surface area is 134 Å². The number of likely N-dealkylation sites (tertiary alicyclic amines) is 1. The van der Waals surface area contributed by atoms with E-state index in [1.54, 1.807) is 4.90 Å². The molecule has 0 aromatic heterocycles. The van der Waals surface area contributed by atoms with E-state index in [-0.39, 0.29) is 11.6 Å². The maximum atomic E-state index is 13.5. The van der Waals surface area contributed by atoms with Gasteiger partial charge in [0.15, 0.2) is 11.6 Å². The number of hydrogen-bond acceptors (Lipinski definition) is 3. The van der Waals surface area contributed by atoms with Crippen molar-refractivity contribution in [1.29, 1.82) is 0 Å². The highest BCUT2D eigenvalue weighted by molar-refractivity contribution is 7.92. The van der Waals surface area contributed by atoms with Crippen LogP contribution >= 0.6 is 0 Å². The number of piperidine rings is 1. The van der Waals surface area contributed by atoms with Crippen LogP contribution in [0, 0.1) is 11.6 Å². The molecule has 0 spiro atoms. The third kappa shape index (κ3) is 3.99. The van der Waals surface area contributed by atoms with Gasteiger partial charge in [0.05, 0.1) is 11.9 Å². The Morgan fingerprint density at radius 1 is 1.17 bits per heavy atom. The minimum Gasteiger partial charge on any atom is -0.341 e. The quantitative estimate of drug-likeness (QED) is 0.839. The topological polar surface area (TPSA) is 57.7 Å². The van der Waals surface area contributed by atoms with E-state index >= 15 is 0 Å². The summed E-state index contributed by atoms with van der Waals surface area (Å²) in [5.41, 5.74) is -0.0655. The van der Waals surface area contributed by atoms with E-state index in [1.165, 1.54) is 6.92 Å². The highest BCUT2D eigenvalue weighted by Crippen LogP contribution is 2.24. The maximum absolute atomic E-state index is 13.5. The summed E-state index contributed by atoms with van der Waals surface area (Å²) in [6.45, 7) is 2.62. The number of hydrogen-bond donors (Lipinski definition) is 0. The van der Waals surface area contributed by atoms with Crippen LogP contribution in [0.2, 0.25) is 0 Å². The summed E-state index contributed by atoms with van der Waals surface area (Å²) in [4.78, 5) is 14.2. The number of carbonyl (C=O) groups excluding carboxylic acids is 1. The van der Waals surface area contributed by atoms with Crippen LogP contribution in [0.4, 0.5) is 14.5 Å². The molecule has 2 rings (SSSR count). The van der Waals surface area contributed by atoms with Crippen LogP contribution in [0.1, 0.15) is 26.2 Å². The molecule has 1 aliphatic rings. The number of nitrogens with zero attached hydrogens (tertiary/aromatic N) is 2. The van der Waals surface area contributed by atoms with Crippen molar-refractivity contribution in [2.75, 3.05) is 23.7 Å². The standard InChI is InChI=1S/C15H20F2N2O3S/c1-11(15(20)18-8-4-3-5-9-18)19(23(2,21)22)12-6-7-13(16)14(17)10-12/h6-7,10-11H,3-5,8-9H2,1-2H3. The highest BCUT2D eigenvalue weighted by atomic mass is 32.2. The van der Waals surface area contributed by atoms with Crippen LogP contribution in [-0.4, -0.2) is 44.6 Å². The molecule has 1 heterocycles. The lowest BCUT2D eigenvalue weighted by atomic mass is 10.1. The summed E-state index contributed by atoms with van der Waals surface area (Å²) in [6, 6.07) is 1.77. The molecule has 1 atom stereocenters. The monoisotopic (exact) mass is 346 g/mol. The Morgan fingerprint density at radius 2 is 1.78 bits per heavy atom. The fraction of sp³-hybridized carbons (Fsp3) is 0.533. The van der Waals surface area contributed by atoms with Gasteiger partial charge in [-0.3, -0.25) is 9.10 Å². The van der Waals surface area contributed by atoms with Crippen molar-refractivity contribution in [3.05, 3.63) is 29.8 Å². The molecule has 5 nitrogen and oxygen atoms in total. The predicted molar refractivity (Wildman–Crippen MR) is 83.6 cm³/mol. The first-order valence-corrected chi connectivity index (χ1v) is 9.30. The molecule has 0 aliphatic carbocycles. The summed E-state index contributed by atoms with van der Waals surface area (Å²) in [6.07, 6.45) is 3.73. The molecule has 1 unspecified atom stereocenters. The van der Waals surface area contributed by atoms with Crippen LogP contribution < -0.4 is 4.31 Å². The lowest BCUT2D eigenvalue weighted by Crippen LogP contribution is -2.50. The zero-order chi connectivity index (χ0) is 17.2. The molecule has 1 aromatic rings. The van der Waals surface area contributed by atoms with E-state index in [4.69, 9.17) is 0 Å². The first-order chi connectivity index (χ1) is 10.7. The lowest BCUT2D eigenvalue weighted by molar-refractivity contribution is -0.132. The van der Waals surface area contributed by atoms with Crippen molar-refractivity contribution < 1.29 is 22.0 Å². The van der Waals surface area contributed by atoms with Crippen molar-refractivity contribution in [3.8, 4) is 0 Å². The minimum atomic E-state index is -3.83. The third-order valence-electron chi connectivity index (χ3n) is 3.89. The molecule has 0 radical (unpaired) electrons. The van der Waals surface area contributed by atoms with Gasteiger partial charge in [0.2, 0.25) is 15.9 Å². The van der Waals surface area contributed by atoms with Gasteiger partial charge in [-0.05, 0) is 38.3 Å². The second-order valence-electron chi connectivity index (χ2n) is 5.72. The Kier molecular flexibility index (Phi) is 5.23. The molecule has 1 saturated heterocycles. The normalized spacial score (nSPS) is 17.0. The number of benzene rings is 1. The van der Waals surface area contributed by atoms with Crippen molar-refractivity contribution in [1.82, 2.24) is 4.90 Å². The number of anilines is 1. The summed E-state index contributed by atoms with van der Waals surface area (Å²) in [5, 5.41) is 0. The first-order valence-electron chi connectivity index (χ1n) is 7.45. The van der Waals surface area contributed by atoms with E-state index < -0.39 is 27.7 Å². The fourth-order valence-electron chi connectivity index (χ4n) is 2.80. The van der Waals surface area contributed by atoms with Gasteiger partial charge >= 0.3 is 0 Å². The van der Waals surface area contributed by atoms with E-state index in [0.29, 0.717) is 13.1 Å². The molecule has 1 aromatic carbocycles. The van der Waals surface area contributed by atoms with Gasteiger partial charge in [0, 0.05) is 19.2 Å². The molecule has 1 amide bonds. The van der Waals surface area contributed by atoms with Crippen molar-refractivity contribution in [2.45, 2.75) is 32.2 Å². The van der Waals surface area contributed by atoms with Crippen molar-refractivity contribution in [3.63, 3.8) is 0 Å². The van der Waals surface area contributed by atoms with Gasteiger partial charge in [0.25, 0.3) is 0 Å². The van der Waals surface area contributed by atoms with Gasteiger partial charge in [-0.25, -0.2) is 17.2 Å². The van der Waals surface area contributed by atoms with Crippen LogP contribution in [-0.2, 0) is 14.8 Å². The zero-order valence-electron chi connectivity index (χ0n) is 13.1. The predicted octanol–water partition coefficient (Wildman–Crippen LogP) is 2.13. The largest absolute Gasteiger partial charge is 0.341 e. The van der Waals surface area contributed by atoms with Gasteiger partial charge in [-0.1, -0.05) is 0 Å². The lowest BCUT2D eigenvalue weighted by Gasteiger charge is -2.34. The number of carbonyl (C=O) groups is 1. The molecule has 1 aliphatic heterocycles. The summed E-state index contributed by atoms with van der Waals surface area (Å²) < 4.78 is 51.6. The molecule has 0 saturated carbocycles. The van der Waals surface area contributed by atoms with Crippen LogP contribution in [0.3, 0.4) is 0 Å². The number of sulfonamides is 1. The summed E-state index contributed by atoms with van der Waals surface area (Å²) in [5.74, 6) is -2.56. The molecule has 0 bridgehead atoms. The average Bonchev–Trinajstić information content (AvgIpc) is 2.49. The van der Waals surface area contributed by atoms with E-state index in [9.17, 15) is 22.0 Å². The van der Waals surface area contributed by atoms with E-state index in [1.807, 2.05) is 0 Å². The Bertz CT molecular complexity index is 688. The first kappa shape index (κ1) is 17.7. The van der Waals surface area contributed by atoms with Gasteiger partial charge < -0.3 is 4.90 Å². The summed E-state index contributed by atoms with van der Waals surface area (Å²) >= 11 is 0. The third-order valence-corrected chi connectivity index (χ3v) is 5.13. The van der Waals surface area contributed by atoms with Crippen molar-refractivity contribution in [2.24, 2.45) is 0 Å². The maximum Gasteiger partial charge on any atom is 0.246 e. The molecular formula is C15H20F2N2O3S. The average molecular weight is 346 g/mol. The fourth-order valence-corrected chi connectivity index (χ4v) is 3.96. The second-order valence-corrected chi connectivity index (χ2v) is 7.58. The molecule has 128 valence electrons.